The van der Waals surface area contributed by atoms with E-state index in [0.717, 1.165) is 0 Å². The molecule has 1 saturated heterocycles. The lowest BCUT2D eigenvalue weighted by molar-refractivity contribution is -0.157. The molecular weight excluding hydrogens is 206 g/mol. The van der Waals surface area contributed by atoms with Gasteiger partial charge in [0.2, 0.25) is 11.8 Å². The highest BCUT2D eigenvalue weighted by Gasteiger charge is 2.39. The molecule has 1 aliphatic rings. The van der Waals surface area contributed by atoms with Crippen LogP contribution in [0.25, 0.3) is 0 Å². The molecule has 0 aliphatic carbocycles. The van der Waals surface area contributed by atoms with Gasteiger partial charge in [-0.15, -0.1) is 0 Å². The number of rotatable bonds is 4. The van der Waals surface area contributed by atoms with E-state index in [1.807, 2.05) is 0 Å². The minimum absolute atomic E-state index is 0.0533. The summed E-state index contributed by atoms with van der Waals surface area (Å²) in [5.74, 6) is -4.11. The molecule has 2 N–H and O–H groups in total. The molecule has 0 aromatic heterocycles. The van der Waals surface area contributed by atoms with E-state index in [4.69, 9.17) is 10.2 Å². The van der Waals surface area contributed by atoms with Crippen molar-refractivity contribution in [1.82, 2.24) is 4.90 Å². The number of amides is 2. The van der Waals surface area contributed by atoms with Gasteiger partial charge in [-0.25, -0.2) is 4.79 Å². The highest BCUT2D eigenvalue weighted by Crippen LogP contribution is 2.17. The number of aliphatic carboxylic acids is 2. The first-order valence-electron chi connectivity index (χ1n) is 4.23. The topological polar surface area (TPSA) is 112 Å². The van der Waals surface area contributed by atoms with E-state index in [9.17, 15) is 19.2 Å². The van der Waals surface area contributed by atoms with E-state index in [0.29, 0.717) is 4.90 Å². The van der Waals surface area contributed by atoms with Crippen LogP contribution in [0.4, 0.5) is 0 Å². The number of carbonyl (C=O) groups excluding carboxylic acids is 2. The number of likely N-dealkylation sites (tertiary alicyclic amines) is 1. The molecule has 0 bridgehead atoms. The number of imide groups is 1. The van der Waals surface area contributed by atoms with Gasteiger partial charge >= 0.3 is 11.9 Å². The summed E-state index contributed by atoms with van der Waals surface area (Å²) < 4.78 is 0. The molecular formula is C8H9NO6. The maximum atomic E-state index is 11.2. The van der Waals surface area contributed by atoms with Gasteiger partial charge in [-0.1, -0.05) is 0 Å². The molecule has 15 heavy (non-hydrogen) atoms. The summed E-state index contributed by atoms with van der Waals surface area (Å²) >= 11 is 0. The number of carboxylic acids is 2. The summed E-state index contributed by atoms with van der Waals surface area (Å²) in [6, 6.07) is -1.59. The Kier molecular flexibility index (Phi) is 3.03. The van der Waals surface area contributed by atoms with Crippen LogP contribution in [0.3, 0.4) is 0 Å². The molecule has 82 valence electrons. The Bertz CT molecular complexity index is 320. The zero-order chi connectivity index (χ0) is 11.6. The van der Waals surface area contributed by atoms with Crippen molar-refractivity contribution in [3.05, 3.63) is 0 Å². The Morgan fingerprint density at radius 3 is 2.00 bits per heavy atom. The molecule has 7 heteroatoms. The summed E-state index contributed by atoms with van der Waals surface area (Å²) in [5, 5.41) is 17.2. The molecule has 1 atom stereocenters. The van der Waals surface area contributed by atoms with Gasteiger partial charge in [-0.3, -0.25) is 19.3 Å². The Morgan fingerprint density at radius 2 is 1.67 bits per heavy atom. The molecule has 1 fully saturated rings. The first-order valence-corrected chi connectivity index (χ1v) is 4.23. The second-order valence-corrected chi connectivity index (χ2v) is 3.11. The molecule has 0 aromatic carbocycles. The van der Waals surface area contributed by atoms with E-state index in [2.05, 4.69) is 0 Å². The molecule has 0 unspecified atom stereocenters. The Labute approximate surface area is 84.3 Å². The van der Waals surface area contributed by atoms with Crippen molar-refractivity contribution in [1.29, 1.82) is 0 Å². The monoisotopic (exact) mass is 215 g/mol. The first kappa shape index (κ1) is 11.2. The van der Waals surface area contributed by atoms with Crippen LogP contribution in [0.2, 0.25) is 0 Å². The highest BCUT2D eigenvalue weighted by atomic mass is 16.4. The molecule has 0 radical (unpaired) electrons. The zero-order valence-electron chi connectivity index (χ0n) is 7.67. The van der Waals surface area contributed by atoms with Gasteiger partial charge in [-0.05, 0) is 0 Å². The molecule has 1 aliphatic heterocycles. The van der Waals surface area contributed by atoms with Gasteiger partial charge in [0.15, 0.2) is 0 Å². The summed E-state index contributed by atoms with van der Waals surface area (Å²) in [5.41, 5.74) is 0. The van der Waals surface area contributed by atoms with Crippen molar-refractivity contribution >= 4 is 23.8 Å². The van der Waals surface area contributed by atoms with Crippen molar-refractivity contribution < 1.29 is 29.4 Å². The average Bonchev–Trinajstić information content (AvgIpc) is 2.42. The average molecular weight is 215 g/mol. The lowest BCUT2D eigenvalue weighted by Gasteiger charge is -2.20. The zero-order valence-corrected chi connectivity index (χ0v) is 7.67. The predicted octanol–water partition coefficient (Wildman–Crippen LogP) is -0.937. The third-order valence-corrected chi connectivity index (χ3v) is 2.05. The normalized spacial score (nSPS) is 18.0. The number of hydrogen-bond acceptors (Lipinski definition) is 4. The maximum Gasteiger partial charge on any atom is 0.327 e. The largest absolute Gasteiger partial charge is 0.481 e. The van der Waals surface area contributed by atoms with Crippen LogP contribution >= 0.6 is 0 Å². The van der Waals surface area contributed by atoms with E-state index >= 15 is 0 Å². The third-order valence-electron chi connectivity index (χ3n) is 2.05. The second kappa shape index (κ2) is 4.07. The third kappa shape index (κ3) is 2.30. The summed E-state index contributed by atoms with van der Waals surface area (Å²) in [4.78, 5) is 43.9. The number of nitrogens with zero attached hydrogens (tertiary/aromatic N) is 1. The maximum absolute atomic E-state index is 11.2. The molecule has 0 spiro atoms. The fourth-order valence-corrected chi connectivity index (χ4v) is 1.40. The quantitative estimate of drug-likeness (QED) is 0.585. The van der Waals surface area contributed by atoms with Crippen LogP contribution in [0.1, 0.15) is 19.3 Å². The molecule has 7 nitrogen and oxygen atoms in total. The van der Waals surface area contributed by atoms with Gasteiger partial charge < -0.3 is 10.2 Å². The smallest absolute Gasteiger partial charge is 0.327 e. The molecule has 0 saturated carbocycles. The van der Waals surface area contributed by atoms with E-state index in [-0.39, 0.29) is 12.8 Å². The van der Waals surface area contributed by atoms with Crippen LogP contribution in [-0.2, 0) is 19.2 Å². The minimum Gasteiger partial charge on any atom is -0.481 e. The SMILES string of the molecule is O=C(O)C[C@@H](C(=O)O)N1C(=O)CCC1=O. The van der Waals surface area contributed by atoms with Crippen LogP contribution in [0.15, 0.2) is 0 Å². The van der Waals surface area contributed by atoms with Crippen LogP contribution in [0.5, 0.6) is 0 Å². The second-order valence-electron chi connectivity index (χ2n) is 3.11. The first-order chi connectivity index (χ1) is 6.93. The summed E-state index contributed by atoms with van der Waals surface area (Å²) in [7, 11) is 0. The summed E-state index contributed by atoms with van der Waals surface area (Å²) in [6.07, 6.45) is -0.878. The minimum atomic E-state index is -1.59. The van der Waals surface area contributed by atoms with Gasteiger partial charge in [-0.2, -0.15) is 0 Å². The van der Waals surface area contributed by atoms with Crippen LogP contribution in [0, 0.1) is 0 Å². The highest BCUT2D eigenvalue weighted by molar-refractivity contribution is 6.05. The molecule has 1 heterocycles. The fraction of sp³-hybridized carbons (Fsp3) is 0.500. The van der Waals surface area contributed by atoms with Crippen molar-refractivity contribution in [3.63, 3.8) is 0 Å². The van der Waals surface area contributed by atoms with Gasteiger partial charge in [0.25, 0.3) is 0 Å². The van der Waals surface area contributed by atoms with Crippen molar-refractivity contribution in [2.45, 2.75) is 25.3 Å². The Balaban J connectivity index is 2.88. The van der Waals surface area contributed by atoms with Crippen molar-refractivity contribution in [3.8, 4) is 0 Å². The van der Waals surface area contributed by atoms with E-state index < -0.39 is 36.2 Å². The lowest BCUT2D eigenvalue weighted by Crippen LogP contribution is -2.45. The summed E-state index contributed by atoms with van der Waals surface area (Å²) in [6.45, 7) is 0. The number of carbonyl (C=O) groups is 4. The number of hydrogen-bond donors (Lipinski definition) is 2. The van der Waals surface area contributed by atoms with Gasteiger partial charge in [0.05, 0.1) is 6.42 Å². The van der Waals surface area contributed by atoms with Crippen LogP contribution < -0.4 is 0 Å². The molecule has 0 aromatic rings. The molecule has 1 rings (SSSR count). The van der Waals surface area contributed by atoms with Gasteiger partial charge in [0.1, 0.15) is 6.04 Å². The van der Waals surface area contributed by atoms with E-state index in [1.165, 1.54) is 0 Å². The standard InChI is InChI=1S/C8H9NO6/c10-5-1-2-6(11)9(5)4(8(14)15)3-7(12)13/h4H,1-3H2,(H,12,13)(H,14,15)/t4-/m0/s1. The lowest BCUT2D eigenvalue weighted by atomic mass is 10.2. The van der Waals surface area contributed by atoms with Crippen molar-refractivity contribution in [2.24, 2.45) is 0 Å². The predicted molar refractivity (Wildman–Crippen MR) is 44.8 cm³/mol. The Morgan fingerprint density at radius 1 is 1.20 bits per heavy atom. The van der Waals surface area contributed by atoms with Crippen LogP contribution in [-0.4, -0.2) is 44.9 Å². The van der Waals surface area contributed by atoms with Gasteiger partial charge in [0, 0.05) is 12.8 Å². The van der Waals surface area contributed by atoms with E-state index in [1.54, 1.807) is 0 Å². The Hall–Kier alpha value is -1.92. The van der Waals surface area contributed by atoms with Crippen molar-refractivity contribution in [2.75, 3.05) is 0 Å². The number of carboxylic acid groups (broad SMARTS) is 2. The molecule has 2 amide bonds. The fourth-order valence-electron chi connectivity index (χ4n) is 1.40.